The van der Waals surface area contributed by atoms with Crippen molar-refractivity contribution in [1.29, 1.82) is 0 Å². The Labute approximate surface area is 215 Å². The van der Waals surface area contributed by atoms with Crippen molar-refractivity contribution in [2.24, 2.45) is 5.11 Å². The molecule has 0 saturated carbocycles. The van der Waals surface area contributed by atoms with E-state index >= 15 is 0 Å². The highest BCUT2D eigenvalue weighted by atomic mass is 32.2. The fraction of sp³-hybridized carbons (Fsp3) is 0.600. The number of ether oxygens (including phenoxy) is 2. The van der Waals surface area contributed by atoms with Crippen LogP contribution in [0.4, 0.5) is 13.2 Å². The van der Waals surface area contributed by atoms with Crippen molar-refractivity contribution in [3.8, 4) is 11.3 Å². The first-order chi connectivity index (χ1) is 18.1. The first-order valence-corrected chi connectivity index (χ1v) is 12.1. The molecule has 2 fully saturated rings. The van der Waals surface area contributed by atoms with Crippen LogP contribution in [0.3, 0.4) is 0 Å². The summed E-state index contributed by atoms with van der Waals surface area (Å²) < 4.78 is 52.7. The Morgan fingerprint density at radius 2 is 1.53 bits per heavy atom. The second-order valence-corrected chi connectivity index (χ2v) is 9.77. The Morgan fingerprint density at radius 3 is 2.11 bits per heavy atom. The van der Waals surface area contributed by atoms with Crippen LogP contribution in [0.2, 0.25) is 0 Å². The Balaban J connectivity index is 1.60. The van der Waals surface area contributed by atoms with Gasteiger partial charge < -0.3 is 40.1 Å². The van der Waals surface area contributed by atoms with Gasteiger partial charge in [-0.15, -0.1) is 5.10 Å². The topological polar surface area (TPSA) is 219 Å². The molecule has 0 spiro atoms. The number of aliphatic hydroxyl groups is 6. The zero-order chi connectivity index (χ0) is 27.7. The second kappa shape index (κ2) is 11.7. The number of thioether (sulfide) groups is 1. The maximum Gasteiger partial charge on any atom is 0.194 e. The summed E-state index contributed by atoms with van der Waals surface area (Å²) in [6.45, 7) is -1.41. The van der Waals surface area contributed by atoms with E-state index in [1.54, 1.807) is 0 Å². The molecule has 6 N–H and O–H groups in total. The molecule has 0 aliphatic carbocycles. The van der Waals surface area contributed by atoms with E-state index in [-0.39, 0.29) is 11.3 Å². The maximum absolute atomic E-state index is 13.7. The predicted octanol–water partition coefficient (Wildman–Crippen LogP) is -0.806. The number of benzene rings is 1. The lowest BCUT2D eigenvalue weighted by Gasteiger charge is -2.45. The van der Waals surface area contributed by atoms with Crippen molar-refractivity contribution in [1.82, 2.24) is 15.0 Å². The molecular weight excluding hydrogens is 541 g/mol. The van der Waals surface area contributed by atoms with Crippen LogP contribution < -0.4 is 0 Å². The van der Waals surface area contributed by atoms with E-state index in [1.807, 2.05) is 0 Å². The van der Waals surface area contributed by atoms with Gasteiger partial charge in [0, 0.05) is 10.5 Å². The SMILES string of the molecule is [N-]=[N+]=NC1C(O)[C@@H](CO)OC(S[C@@H]2OC(CO)[C@H](O)C(n3cc(-c4cc(F)c(F)c(F)c4)nn3)[C@@H]2O)[C@@H]1O. The van der Waals surface area contributed by atoms with Gasteiger partial charge in [0.25, 0.3) is 0 Å². The van der Waals surface area contributed by atoms with E-state index in [1.165, 1.54) is 0 Å². The van der Waals surface area contributed by atoms with Gasteiger partial charge in [-0.2, -0.15) is 0 Å². The molecule has 18 heteroatoms. The van der Waals surface area contributed by atoms with Gasteiger partial charge in [-0.3, -0.25) is 0 Å². The van der Waals surface area contributed by atoms with E-state index < -0.39 is 90.2 Å². The van der Waals surface area contributed by atoms with Crippen molar-refractivity contribution in [2.45, 2.75) is 59.6 Å². The van der Waals surface area contributed by atoms with Crippen molar-refractivity contribution in [3.05, 3.63) is 46.2 Å². The molecule has 14 nitrogen and oxygen atoms in total. The van der Waals surface area contributed by atoms with Gasteiger partial charge in [-0.1, -0.05) is 22.1 Å². The Kier molecular flexibility index (Phi) is 8.78. The lowest BCUT2D eigenvalue weighted by molar-refractivity contribution is -0.183. The Bertz CT molecular complexity index is 1170. The summed E-state index contributed by atoms with van der Waals surface area (Å²) in [4.78, 5) is 2.58. The third-order valence-corrected chi connectivity index (χ3v) is 7.56. The zero-order valence-corrected chi connectivity index (χ0v) is 20.0. The molecular formula is C20H23F3N6O8S. The first-order valence-electron chi connectivity index (χ1n) is 11.1. The number of aliphatic hydroxyl groups excluding tert-OH is 6. The zero-order valence-electron chi connectivity index (χ0n) is 19.1. The minimum atomic E-state index is -1.67. The molecule has 0 radical (unpaired) electrons. The van der Waals surface area contributed by atoms with E-state index in [9.17, 15) is 43.8 Å². The number of nitrogens with zero attached hydrogens (tertiary/aromatic N) is 6. The fourth-order valence-electron chi connectivity index (χ4n) is 4.26. The summed E-state index contributed by atoms with van der Waals surface area (Å²) in [5, 5.41) is 72.8. The number of rotatable bonds is 7. The highest BCUT2D eigenvalue weighted by Crippen LogP contribution is 2.40. The number of hydrogen-bond donors (Lipinski definition) is 6. The van der Waals surface area contributed by atoms with E-state index in [0.29, 0.717) is 23.9 Å². The molecule has 208 valence electrons. The average molecular weight is 564 g/mol. The van der Waals surface area contributed by atoms with Crippen LogP contribution in [0.5, 0.6) is 0 Å². The summed E-state index contributed by atoms with van der Waals surface area (Å²) in [6.07, 6.45) is -7.74. The molecule has 2 aliphatic rings. The van der Waals surface area contributed by atoms with Crippen molar-refractivity contribution < 1.29 is 53.3 Å². The van der Waals surface area contributed by atoms with Crippen LogP contribution in [-0.4, -0.2) is 112 Å². The molecule has 4 rings (SSSR count). The summed E-state index contributed by atoms with van der Waals surface area (Å²) in [6, 6.07) is -1.38. The van der Waals surface area contributed by atoms with Crippen LogP contribution in [-0.2, 0) is 9.47 Å². The first kappa shape index (κ1) is 28.5. The number of halogens is 3. The summed E-state index contributed by atoms with van der Waals surface area (Å²) in [5.74, 6) is -4.60. The Hall–Kier alpha value is -2.51. The van der Waals surface area contributed by atoms with Crippen LogP contribution in [0.15, 0.2) is 23.4 Å². The molecule has 2 aliphatic heterocycles. The second-order valence-electron chi connectivity index (χ2n) is 8.57. The largest absolute Gasteiger partial charge is 0.394 e. The van der Waals surface area contributed by atoms with E-state index in [2.05, 4.69) is 20.3 Å². The minimum Gasteiger partial charge on any atom is -0.394 e. The van der Waals surface area contributed by atoms with Gasteiger partial charge in [0.2, 0.25) is 0 Å². The molecule has 10 atom stereocenters. The van der Waals surface area contributed by atoms with E-state index in [0.717, 1.165) is 10.9 Å². The lowest BCUT2D eigenvalue weighted by Crippen LogP contribution is -2.59. The highest BCUT2D eigenvalue weighted by molar-refractivity contribution is 8.00. The number of hydrogen-bond acceptors (Lipinski definition) is 12. The van der Waals surface area contributed by atoms with Crippen molar-refractivity contribution in [2.75, 3.05) is 13.2 Å². The standard InChI is InChI=1S/C20H23F3N6O8S/c21-7-1-6(2-8(22)12(7)23)9-3-29(28-25-9)14-16(33)11(5-31)37-20(18(14)35)38-19-17(34)13(26-27-24)15(32)10(4-30)36-19/h1-3,10-11,13-20,30-35H,4-5H2/t10-,11?,13?,14?,15?,16+,17-,18+,19?,20+/m1/s1. The monoisotopic (exact) mass is 564 g/mol. The molecule has 2 saturated heterocycles. The maximum atomic E-state index is 13.7. The van der Waals surface area contributed by atoms with E-state index in [4.69, 9.17) is 15.0 Å². The van der Waals surface area contributed by atoms with Gasteiger partial charge in [0.1, 0.15) is 53.1 Å². The average Bonchev–Trinajstić information content (AvgIpc) is 3.37. The van der Waals surface area contributed by atoms with Gasteiger partial charge in [0.15, 0.2) is 17.5 Å². The number of aromatic nitrogens is 3. The quantitative estimate of drug-likeness (QED) is 0.106. The predicted molar refractivity (Wildman–Crippen MR) is 120 cm³/mol. The normalized spacial score (nSPS) is 35.6. The molecule has 38 heavy (non-hydrogen) atoms. The van der Waals surface area contributed by atoms with Gasteiger partial charge in [-0.25, -0.2) is 17.9 Å². The summed E-state index contributed by atoms with van der Waals surface area (Å²) >= 11 is 0.662. The van der Waals surface area contributed by atoms with Gasteiger partial charge >= 0.3 is 0 Å². The number of azide groups is 1. The molecule has 1 aromatic carbocycles. The molecule has 5 unspecified atom stereocenters. The smallest absolute Gasteiger partial charge is 0.194 e. The third kappa shape index (κ3) is 5.32. The van der Waals surface area contributed by atoms with Gasteiger partial charge in [-0.05, 0) is 17.7 Å². The third-order valence-electron chi connectivity index (χ3n) is 6.25. The van der Waals surface area contributed by atoms with Crippen LogP contribution in [0.25, 0.3) is 21.7 Å². The van der Waals surface area contributed by atoms with Crippen molar-refractivity contribution in [3.63, 3.8) is 0 Å². The summed E-state index contributed by atoms with van der Waals surface area (Å²) in [7, 11) is 0. The fourth-order valence-corrected chi connectivity index (χ4v) is 5.58. The van der Waals surface area contributed by atoms with Crippen LogP contribution >= 0.6 is 11.8 Å². The highest BCUT2D eigenvalue weighted by Gasteiger charge is 2.50. The lowest BCUT2D eigenvalue weighted by atomic mass is 9.97. The molecule has 0 bridgehead atoms. The summed E-state index contributed by atoms with van der Waals surface area (Å²) in [5.41, 5.74) is 5.85. The van der Waals surface area contributed by atoms with Crippen LogP contribution in [0, 0.1) is 17.5 Å². The molecule has 2 aromatic rings. The molecule has 1 aromatic heterocycles. The van der Waals surface area contributed by atoms with Crippen LogP contribution in [0.1, 0.15) is 6.04 Å². The minimum absolute atomic E-state index is 0.124. The Morgan fingerprint density at radius 1 is 0.947 bits per heavy atom. The molecule has 3 heterocycles. The van der Waals surface area contributed by atoms with Crippen molar-refractivity contribution >= 4 is 11.8 Å². The molecule has 0 amide bonds. The van der Waals surface area contributed by atoms with Gasteiger partial charge in [0.05, 0.1) is 31.6 Å².